The molecule has 1 spiro atoms. The topological polar surface area (TPSA) is 34.2 Å². The zero-order valence-corrected chi connectivity index (χ0v) is 10.4. The number of furan rings is 1. The minimum Gasteiger partial charge on any atom is -0.470 e. The molecule has 0 radical (unpaired) electrons. The highest BCUT2D eigenvalue weighted by Crippen LogP contribution is 2.40. The summed E-state index contributed by atoms with van der Waals surface area (Å²) in [6.07, 6.45) is 12.6. The average Bonchev–Trinajstić information content (AvgIpc) is 3.09. The molecule has 0 saturated carbocycles. The largest absolute Gasteiger partial charge is 0.470 e. The molecule has 0 N–H and O–H groups in total. The van der Waals surface area contributed by atoms with Gasteiger partial charge in [0.05, 0.1) is 23.8 Å². The highest BCUT2D eigenvalue weighted by Gasteiger charge is 2.42. The Balaban J connectivity index is 1.68. The van der Waals surface area contributed by atoms with E-state index in [0.717, 1.165) is 13.1 Å². The number of imidazole rings is 1. The van der Waals surface area contributed by atoms with Gasteiger partial charge < -0.3 is 13.9 Å². The molecule has 0 amide bonds. The van der Waals surface area contributed by atoms with E-state index in [1.165, 1.54) is 37.1 Å². The lowest BCUT2D eigenvalue weighted by atomic mass is 9.87. The molecular weight excluding hydrogens is 226 g/mol. The monoisotopic (exact) mass is 243 g/mol. The van der Waals surface area contributed by atoms with Crippen molar-refractivity contribution in [2.45, 2.75) is 31.2 Å². The van der Waals surface area contributed by atoms with Gasteiger partial charge in [0, 0.05) is 25.0 Å². The Morgan fingerprint density at radius 1 is 1.33 bits per heavy atom. The van der Waals surface area contributed by atoms with Gasteiger partial charge in [-0.25, -0.2) is 4.98 Å². The Bertz CT molecular complexity index is 545. The molecule has 2 aliphatic rings. The van der Waals surface area contributed by atoms with E-state index in [1.54, 1.807) is 6.26 Å². The summed E-state index contributed by atoms with van der Waals surface area (Å²) in [7, 11) is 0. The molecule has 1 saturated heterocycles. The van der Waals surface area contributed by atoms with Crippen LogP contribution < -0.4 is 4.90 Å². The molecule has 94 valence electrons. The summed E-state index contributed by atoms with van der Waals surface area (Å²) in [5.41, 5.74) is 2.87. The van der Waals surface area contributed by atoms with Crippen molar-refractivity contribution < 1.29 is 4.42 Å². The van der Waals surface area contributed by atoms with Crippen molar-refractivity contribution >= 4 is 5.69 Å². The first-order valence-corrected chi connectivity index (χ1v) is 6.66. The third-order valence-corrected chi connectivity index (χ3v) is 4.50. The molecule has 1 atom stereocenters. The quantitative estimate of drug-likeness (QED) is 0.771. The first-order valence-electron chi connectivity index (χ1n) is 6.66. The van der Waals surface area contributed by atoms with Gasteiger partial charge in [-0.3, -0.25) is 0 Å². The van der Waals surface area contributed by atoms with E-state index in [2.05, 4.69) is 20.5 Å². The Kier molecular flexibility index (Phi) is 2.07. The van der Waals surface area contributed by atoms with E-state index >= 15 is 0 Å². The molecule has 1 fully saturated rings. The summed E-state index contributed by atoms with van der Waals surface area (Å²) in [6.45, 7) is 2.19. The zero-order chi connectivity index (χ0) is 12.0. The zero-order valence-electron chi connectivity index (χ0n) is 10.4. The van der Waals surface area contributed by atoms with Crippen LogP contribution in [-0.4, -0.2) is 22.6 Å². The highest BCUT2D eigenvalue weighted by atomic mass is 16.3. The van der Waals surface area contributed by atoms with Crippen LogP contribution in [-0.2, 0) is 12.0 Å². The van der Waals surface area contributed by atoms with E-state index in [4.69, 9.17) is 4.42 Å². The second-order valence-corrected chi connectivity index (χ2v) is 5.49. The van der Waals surface area contributed by atoms with Crippen molar-refractivity contribution in [1.29, 1.82) is 0 Å². The molecule has 4 rings (SSSR count). The van der Waals surface area contributed by atoms with Crippen LogP contribution in [0.5, 0.6) is 0 Å². The molecule has 0 aliphatic carbocycles. The summed E-state index contributed by atoms with van der Waals surface area (Å²) < 4.78 is 7.62. The van der Waals surface area contributed by atoms with Crippen LogP contribution >= 0.6 is 0 Å². The van der Waals surface area contributed by atoms with Gasteiger partial charge in [-0.2, -0.15) is 0 Å². The van der Waals surface area contributed by atoms with E-state index in [1.807, 2.05) is 18.8 Å². The average molecular weight is 243 g/mol. The molecule has 4 nitrogen and oxygen atoms in total. The Morgan fingerprint density at radius 3 is 3.22 bits per heavy atom. The van der Waals surface area contributed by atoms with Gasteiger partial charge >= 0.3 is 0 Å². The van der Waals surface area contributed by atoms with Gasteiger partial charge in [-0.05, 0) is 31.7 Å². The number of hydrogen-bond acceptors (Lipinski definition) is 3. The third kappa shape index (κ3) is 1.35. The molecule has 0 aromatic carbocycles. The maximum atomic E-state index is 5.20. The van der Waals surface area contributed by atoms with E-state index < -0.39 is 0 Å². The molecule has 1 unspecified atom stereocenters. The van der Waals surface area contributed by atoms with Crippen LogP contribution in [0.1, 0.15) is 25.0 Å². The summed E-state index contributed by atoms with van der Waals surface area (Å²) >= 11 is 0. The van der Waals surface area contributed by atoms with E-state index in [-0.39, 0.29) is 5.54 Å². The van der Waals surface area contributed by atoms with Gasteiger partial charge in [0.15, 0.2) is 0 Å². The summed E-state index contributed by atoms with van der Waals surface area (Å²) in [5.74, 6) is 0. The maximum absolute atomic E-state index is 5.20. The fraction of sp³-hybridized carbons (Fsp3) is 0.500. The van der Waals surface area contributed by atoms with Crippen molar-refractivity contribution in [3.05, 3.63) is 36.8 Å². The second-order valence-electron chi connectivity index (χ2n) is 5.49. The number of rotatable bonds is 1. The minimum atomic E-state index is 0.265. The minimum absolute atomic E-state index is 0.265. The highest BCUT2D eigenvalue weighted by molar-refractivity contribution is 5.45. The van der Waals surface area contributed by atoms with Crippen molar-refractivity contribution in [3.63, 3.8) is 0 Å². The number of anilines is 1. The second kappa shape index (κ2) is 3.64. The van der Waals surface area contributed by atoms with Crippen LogP contribution in [0.15, 0.2) is 35.5 Å². The summed E-state index contributed by atoms with van der Waals surface area (Å²) in [6, 6.07) is 2.05. The maximum Gasteiger partial charge on any atom is 0.114 e. The standard InChI is InChI=1S/C14H17N3O/c1-2-12-8-15-11-17(12)14(4-1)5-6-16(10-14)13-3-7-18-9-13/h3,7-9,11H,1-2,4-6,10H2. The van der Waals surface area contributed by atoms with Crippen LogP contribution in [0.4, 0.5) is 5.69 Å². The van der Waals surface area contributed by atoms with Crippen LogP contribution in [0.2, 0.25) is 0 Å². The molecule has 2 aromatic rings. The van der Waals surface area contributed by atoms with Gasteiger partial charge in [0.25, 0.3) is 0 Å². The third-order valence-electron chi connectivity index (χ3n) is 4.50. The summed E-state index contributed by atoms with van der Waals surface area (Å²) in [5, 5.41) is 0. The van der Waals surface area contributed by atoms with Crippen molar-refractivity contribution in [2.24, 2.45) is 0 Å². The molecular formula is C14H17N3O. The van der Waals surface area contributed by atoms with Crippen LogP contribution in [0, 0.1) is 0 Å². The van der Waals surface area contributed by atoms with Gasteiger partial charge in [0.2, 0.25) is 0 Å². The SMILES string of the molecule is c1cc(N2CCC3(CCCc4cncn43)C2)co1. The predicted octanol–water partition coefficient (Wildman–Crippen LogP) is 2.42. The lowest BCUT2D eigenvalue weighted by Gasteiger charge is -2.36. The van der Waals surface area contributed by atoms with Gasteiger partial charge in [0.1, 0.15) is 6.26 Å². The Labute approximate surface area is 106 Å². The number of nitrogens with zero attached hydrogens (tertiary/aromatic N) is 3. The Morgan fingerprint density at radius 2 is 2.33 bits per heavy atom. The smallest absolute Gasteiger partial charge is 0.114 e. The fourth-order valence-corrected chi connectivity index (χ4v) is 3.57. The number of hydrogen-bond donors (Lipinski definition) is 0. The van der Waals surface area contributed by atoms with E-state index in [0.29, 0.717) is 0 Å². The normalized spacial score (nSPS) is 26.8. The molecule has 0 bridgehead atoms. The van der Waals surface area contributed by atoms with Crippen molar-refractivity contribution in [2.75, 3.05) is 18.0 Å². The van der Waals surface area contributed by atoms with Crippen LogP contribution in [0.3, 0.4) is 0 Å². The van der Waals surface area contributed by atoms with Crippen molar-refractivity contribution in [3.8, 4) is 0 Å². The van der Waals surface area contributed by atoms with Crippen LogP contribution in [0.25, 0.3) is 0 Å². The predicted molar refractivity (Wildman–Crippen MR) is 68.7 cm³/mol. The summed E-state index contributed by atoms with van der Waals surface area (Å²) in [4.78, 5) is 6.77. The molecule has 18 heavy (non-hydrogen) atoms. The number of aryl methyl sites for hydroxylation is 1. The number of aromatic nitrogens is 2. The fourth-order valence-electron chi connectivity index (χ4n) is 3.57. The lowest BCUT2D eigenvalue weighted by molar-refractivity contribution is 0.255. The molecule has 4 heteroatoms. The lowest BCUT2D eigenvalue weighted by Crippen LogP contribution is -2.40. The van der Waals surface area contributed by atoms with Gasteiger partial charge in [-0.15, -0.1) is 0 Å². The van der Waals surface area contributed by atoms with Gasteiger partial charge in [-0.1, -0.05) is 0 Å². The van der Waals surface area contributed by atoms with E-state index in [9.17, 15) is 0 Å². The first-order chi connectivity index (χ1) is 8.87. The molecule has 2 aliphatic heterocycles. The molecule has 4 heterocycles. The Hall–Kier alpha value is -1.71. The van der Waals surface area contributed by atoms with Crippen molar-refractivity contribution in [1.82, 2.24) is 9.55 Å². The number of fused-ring (bicyclic) bond motifs is 2. The molecule has 2 aromatic heterocycles. The first kappa shape index (κ1) is 10.2.